The summed E-state index contributed by atoms with van der Waals surface area (Å²) >= 11 is 7.73. The van der Waals surface area contributed by atoms with E-state index in [1.165, 1.54) is 6.07 Å². The monoisotopic (exact) mass is 346 g/mol. The highest BCUT2D eigenvalue weighted by Crippen LogP contribution is 2.34. The third-order valence-electron chi connectivity index (χ3n) is 3.58. The summed E-state index contributed by atoms with van der Waals surface area (Å²) in [5.41, 5.74) is 0.668. The molecule has 114 valence electrons. The van der Waals surface area contributed by atoms with Crippen molar-refractivity contribution in [3.05, 3.63) is 57.0 Å². The molecule has 0 bridgehead atoms. The molecule has 2 aromatic rings. The average molecular weight is 347 g/mol. The molecular weight excluding hydrogens is 330 g/mol. The fourth-order valence-corrected chi connectivity index (χ4v) is 3.70. The zero-order valence-electron chi connectivity index (χ0n) is 11.4. The molecule has 1 aliphatic heterocycles. The Kier molecular flexibility index (Phi) is 6.02. The Morgan fingerprint density at radius 1 is 1.24 bits per heavy atom. The van der Waals surface area contributed by atoms with E-state index in [1.807, 2.05) is 11.4 Å². The summed E-state index contributed by atoms with van der Waals surface area (Å²) in [6.07, 6.45) is 0. The first kappa shape index (κ1) is 16.7. The SMILES string of the molecule is Cl.Fc1ccc(Cl)cc1[C@@H](c1cccs1)N1CCNCC1. The van der Waals surface area contributed by atoms with Crippen molar-refractivity contribution in [2.75, 3.05) is 26.2 Å². The molecule has 1 aromatic heterocycles. The lowest BCUT2D eigenvalue weighted by molar-refractivity contribution is 0.197. The molecule has 0 radical (unpaired) electrons. The summed E-state index contributed by atoms with van der Waals surface area (Å²) < 4.78 is 14.3. The maximum Gasteiger partial charge on any atom is 0.128 e. The van der Waals surface area contributed by atoms with Crippen LogP contribution in [0.4, 0.5) is 4.39 Å². The Morgan fingerprint density at radius 3 is 2.67 bits per heavy atom. The van der Waals surface area contributed by atoms with Crippen molar-refractivity contribution < 1.29 is 4.39 Å². The normalized spacial score (nSPS) is 17.2. The molecule has 0 unspecified atom stereocenters. The van der Waals surface area contributed by atoms with Gasteiger partial charge in [-0.05, 0) is 29.6 Å². The van der Waals surface area contributed by atoms with Crippen LogP contribution in [0.15, 0.2) is 35.7 Å². The van der Waals surface area contributed by atoms with Gasteiger partial charge in [-0.2, -0.15) is 0 Å². The fraction of sp³-hybridized carbons (Fsp3) is 0.333. The highest BCUT2D eigenvalue weighted by Gasteiger charge is 2.27. The molecule has 3 rings (SSSR count). The number of benzene rings is 1. The molecule has 1 fully saturated rings. The lowest BCUT2D eigenvalue weighted by atomic mass is 10.0. The predicted octanol–water partition coefficient (Wildman–Crippen LogP) is 3.96. The van der Waals surface area contributed by atoms with E-state index in [0.717, 1.165) is 31.1 Å². The van der Waals surface area contributed by atoms with Crippen LogP contribution in [0.2, 0.25) is 5.02 Å². The molecule has 0 aliphatic carbocycles. The number of piperazine rings is 1. The summed E-state index contributed by atoms with van der Waals surface area (Å²) in [6.45, 7) is 3.69. The highest BCUT2D eigenvalue weighted by molar-refractivity contribution is 7.10. The standard InChI is InChI=1S/C15H16ClFN2S.ClH/c16-11-3-4-13(17)12(10-11)15(14-2-1-9-20-14)19-7-5-18-6-8-19;/h1-4,9-10,15,18H,5-8H2;1H/t15-;/m0./s1. The maximum absolute atomic E-state index is 14.3. The van der Waals surface area contributed by atoms with Gasteiger partial charge in [0.05, 0.1) is 6.04 Å². The van der Waals surface area contributed by atoms with Crippen LogP contribution in [-0.2, 0) is 0 Å². The van der Waals surface area contributed by atoms with Crippen LogP contribution in [-0.4, -0.2) is 31.1 Å². The van der Waals surface area contributed by atoms with Gasteiger partial charge in [0.2, 0.25) is 0 Å². The Morgan fingerprint density at radius 2 is 2.00 bits per heavy atom. The minimum Gasteiger partial charge on any atom is -0.314 e. The second-order valence-corrected chi connectivity index (χ2v) is 6.29. The van der Waals surface area contributed by atoms with Gasteiger partial charge < -0.3 is 5.32 Å². The third-order valence-corrected chi connectivity index (χ3v) is 4.74. The van der Waals surface area contributed by atoms with Crippen LogP contribution < -0.4 is 5.32 Å². The molecule has 1 atom stereocenters. The third kappa shape index (κ3) is 3.76. The van der Waals surface area contributed by atoms with Crippen molar-refractivity contribution in [3.8, 4) is 0 Å². The Labute approximate surface area is 139 Å². The predicted molar refractivity (Wildman–Crippen MR) is 89.3 cm³/mol. The first-order chi connectivity index (χ1) is 9.75. The summed E-state index contributed by atoms with van der Waals surface area (Å²) in [5, 5.41) is 5.95. The molecule has 1 aromatic carbocycles. The van der Waals surface area contributed by atoms with Crippen molar-refractivity contribution in [3.63, 3.8) is 0 Å². The second-order valence-electron chi connectivity index (χ2n) is 4.87. The molecule has 0 amide bonds. The van der Waals surface area contributed by atoms with Crippen molar-refractivity contribution >= 4 is 35.3 Å². The minimum atomic E-state index is -0.189. The first-order valence-electron chi connectivity index (χ1n) is 6.69. The minimum absolute atomic E-state index is 0. The van der Waals surface area contributed by atoms with Crippen LogP contribution in [0.3, 0.4) is 0 Å². The van der Waals surface area contributed by atoms with Gasteiger partial charge in [0.25, 0.3) is 0 Å². The first-order valence-corrected chi connectivity index (χ1v) is 7.94. The molecule has 2 heterocycles. The Balaban J connectivity index is 0.00000161. The highest BCUT2D eigenvalue weighted by atomic mass is 35.5. The molecule has 1 aliphatic rings. The summed E-state index contributed by atoms with van der Waals surface area (Å²) in [6, 6.07) is 8.85. The Hall–Kier alpha value is -0.650. The quantitative estimate of drug-likeness (QED) is 0.904. The number of nitrogens with one attached hydrogen (secondary N) is 1. The molecule has 0 spiro atoms. The number of halogens is 3. The molecule has 1 saturated heterocycles. The van der Waals surface area contributed by atoms with E-state index in [9.17, 15) is 4.39 Å². The Bertz CT molecular complexity index is 571. The zero-order chi connectivity index (χ0) is 13.9. The van der Waals surface area contributed by atoms with E-state index in [0.29, 0.717) is 10.6 Å². The number of rotatable bonds is 3. The van der Waals surface area contributed by atoms with Crippen molar-refractivity contribution in [1.29, 1.82) is 0 Å². The van der Waals surface area contributed by atoms with Crippen molar-refractivity contribution in [1.82, 2.24) is 10.2 Å². The van der Waals surface area contributed by atoms with Gasteiger partial charge in [-0.3, -0.25) is 4.90 Å². The molecule has 0 saturated carbocycles. The number of thiophene rings is 1. The van der Waals surface area contributed by atoms with Crippen LogP contribution in [0, 0.1) is 5.82 Å². The largest absolute Gasteiger partial charge is 0.314 e. The van der Waals surface area contributed by atoms with Gasteiger partial charge in [0.15, 0.2) is 0 Å². The van der Waals surface area contributed by atoms with Crippen molar-refractivity contribution in [2.45, 2.75) is 6.04 Å². The maximum atomic E-state index is 14.3. The number of hydrogen-bond acceptors (Lipinski definition) is 3. The summed E-state index contributed by atoms with van der Waals surface area (Å²) in [4.78, 5) is 3.48. The van der Waals surface area contributed by atoms with E-state index < -0.39 is 0 Å². The van der Waals surface area contributed by atoms with Gasteiger partial charge in [0, 0.05) is 41.6 Å². The molecule has 6 heteroatoms. The van der Waals surface area contributed by atoms with E-state index in [2.05, 4.69) is 16.3 Å². The summed E-state index contributed by atoms with van der Waals surface area (Å²) in [5.74, 6) is -0.189. The molecule has 2 nitrogen and oxygen atoms in total. The van der Waals surface area contributed by atoms with E-state index in [4.69, 9.17) is 11.6 Å². The van der Waals surface area contributed by atoms with Gasteiger partial charge in [0.1, 0.15) is 5.82 Å². The molecular formula is C15H17Cl2FN2S. The second kappa shape index (κ2) is 7.56. The van der Waals surface area contributed by atoms with Crippen molar-refractivity contribution in [2.24, 2.45) is 0 Å². The lowest BCUT2D eigenvalue weighted by Crippen LogP contribution is -2.45. The van der Waals surface area contributed by atoms with Gasteiger partial charge >= 0.3 is 0 Å². The van der Waals surface area contributed by atoms with E-state index >= 15 is 0 Å². The number of hydrogen-bond donors (Lipinski definition) is 1. The van der Waals surface area contributed by atoms with E-state index in [-0.39, 0.29) is 24.3 Å². The van der Waals surface area contributed by atoms with Crippen LogP contribution in [0.5, 0.6) is 0 Å². The van der Waals surface area contributed by atoms with Gasteiger partial charge in [-0.1, -0.05) is 17.7 Å². The summed E-state index contributed by atoms with van der Waals surface area (Å²) in [7, 11) is 0. The lowest BCUT2D eigenvalue weighted by Gasteiger charge is -2.35. The van der Waals surface area contributed by atoms with Gasteiger partial charge in [-0.15, -0.1) is 23.7 Å². The fourth-order valence-electron chi connectivity index (χ4n) is 2.64. The number of nitrogens with zero attached hydrogens (tertiary/aromatic N) is 1. The zero-order valence-corrected chi connectivity index (χ0v) is 13.8. The van der Waals surface area contributed by atoms with Crippen LogP contribution in [0.1, 0.15) is 16.5 Å². The van der Waals surface area contributed by atoms with Crippen LogP contribution >= 0.6 is 35.3 Å². The molecule has 21 heavy (non-hydrogen) atoms. The van der Waals surface area contributed by atoms with Crippen LogP contribution in [0.25, 0.3) is 0 Å². The smallest absolute Gasteiger partial charge is 0.128 e. The van der Waals surface area contributed by atoms with Gasteiger partial charge in [-0.25, -0.2) is 4.39 Å². The van der Waals surface area contributed by atoms with E-state index in [1.54, 1.807) is 23.5 Å². The average Bonchev–Trinajstić information content (AvgIpc) is 2.98. The molecule has 1 N–H and O–H groups in total. The topological polar surface area (TPSA) is 15.3 Å².